The smallest absolute Gasteiger partial charge is 0.338 e. The van der Waals surface area contributed by atoms with Gasteiger partial charge in [0.05, 0.1) is 24.9 Å². The second kappa shape index (κ2) is 6.19. The number of hydrogen-bond donors (Lipinski definition) is 1. The number of hydrogen-bond acceptors (Lipinski definition) is 4. The Morgan fingerprint density at radius 3 is 2.70 bits per heavy atom. The van der Waals surface area contributed by atoms with Gasteiger partial charge in [-0.2, -0.15) is 0 Å². The van der Waals surface area contributed by atoms with Crippen LogP contribution in [0.2, 0.25) is 0 Å². The predicted octanol–water partition coefficient (Wildman–Crippen LogP) is 3.10. The van der Waals surface area contributed by atoms with Crippen LogP contribution in [0.5, 0.6) is 0 Å². The first-order chi connectivity index (χ1) is 9.61. The zero-order chi connectivity index (χ0) is 14.5. The van der Waals surface area contributed by atoms with Gasteiger partial charge in [0.1, 0.15) is 0 Å². The summed E-state index contributed by atoms with van der Waals surface area (Å²) in [5.41, 5.74) is 4.46. The Morgan fingerprint density at radius 2 is 2.05 bits per heavy atom. The third-order valence-electron chi connectivity index (χ3n) is 3.17. The molecule has 0 atom stereocenters. The van der Waals surface area contributed by atoms with Crippen molar-refractivity contribution >= 4 is 11.7 Å². The fourth-order valence-electron chi connectivity index (χ4n) is 1.95. The number of aryl methyl sites for hydroxylation is 1. The van der Waals surface area contributed by atoms with E-state index in [2.05, 4.69) is 10.3 Å². The molecule has 0 unspecified atom stereocenters. The van der Waals surface area contributed by atoms with Crippen molar-refractivity contribution in [2.45, 2.75) is 20.4 Å². The highest BCUT2D eigenvalue weighted by atomic mass is 16.5. The van der Waals surface area contributed by atoms with Crippen molar-refractivity contribution in [1.82, 2.24) is 4.98 Å². The molecule has 0 aliphatic rings. The lowest BCUT2D eigenvalue weighted by molar-refractivity contribution is 0.0600. The number of esters is 1. The number of carbonyl (C=O) groups excluding carboxylic acids is 1. The Labute approximate surface area is 118 Å². The Morgan fingerprint density at radius 1 is 1.25 bits per heavy atom. The van der Waals surface area contributed by atoms with Gasteiger partial charge in [-0.1, -0.05) is 12.1 Å². The largest absolute Gasteiger partial charge is 0.465 e. The summed E-state index contributed by atoms with van der Waals surface area (Å²) in [6.07, 6.45) is 1.84. The number of anilines is 1. The van der Waals surface area contributed by atoms with E-state index in [9.17, 15) is 4.79 Å². The second-order valence-corrected chi connectivity index (χ2v) is 4.65. The number of carbonyl (C=O) groups is 1. The number of benzene rings is 1. The first-order valence-corrected chi connectivity index (χ1v) is 6.45. The quantitative estimate of drug-likeness (QED) is 0.867. The molecule has 0 saturated heterocycles. The zero-order valence-corrected chi connectivity index (χ0v) is 11.9. The molecule has 104 valence electrons. The van der Waals surface area contributed by atoms with E-state index in [1.807, 2.05) is 44.3 Å². The molecule has 2 aromatic rings. The van der Waals surface area contributed by atoms with E-state index in [4.69, 9.17) is 4.74 Å². The van der Waals surface area contributed by atoms with Crippen molar-refractivity contribution in [3.8, 4) is 0 Å². The molecule has 4 nitrogen and oxygen atoms in total. The maximum Gasteiger partial charge on any atom is 0.338 e. The van der Waals surface area contributed by atoms with Crippen LogP contribution in [0.1, 0.15) is 27.2 Å². The number of nitrogens with zero attached hydrogens (tertiary/aromatic N) is 1. The SMILES string of the molecule is COC(=O)c1cccc(NCc2ccc(C)cn2)c1C. The minimum atomic E-state index is -0.320. The highest BCUT2D eigenvalue weighted by Crippen LogP contribution is 2.20. The lowest BCUT2D eigenvalue weighted by atomic mass is 10.1. The fraction of sp³-hybridized carbons (Fsp3) is 0.250. The number of aromatic nitrogens is 1. The van der Waals surface area contributed by atoms with E-state index in [1.54, 1.807) is 6.07 Å². The monoisotopic (exact) mass is 270 g/mol. The predicted molar refractivity (Wildman–Crippen MR) is 78.8 cm³/mol. The highest BCUT2D eigenvalue weighted by molar-refractivity contribution is 5.92. The molecule has 0 fully saturated rings. The van der Waals surface area contributed by atoms with Gasteiger partial charge in [-0.25, -0.2) is 4.79 Å². The second-order valence-electron chi connectivity index (χ2n) is 4.65. The van der Waals surface area contributed by atoms with Gasteiger partial charge in [0, 0.05) is 11.9 Å². The maximum atomic E-state index is 11.6. The highest BCUT2D eigenvalue weighted by Gasteiger charge is 2.11. The lowest BCUT2D eigenvalue weighted by Gasteiger charge is -2.12. The normalized spacial score (nSPS) is 10.2. The topological polar surface area (TPSA) is 51.2 Å². The zero-order valence-electron chi connectivity index (χ0n) is 11.9. The molecule has 0 amide bonds. The van der Waals surface area contributed by atoms with Crippen LogP contribution in [-0.2, 0) is 11.3 Å². The third kappa shape index (κ3) is 3.15. The Balaban J connectivity index is 2.13. The fourth-order valence-corrected chi connectivity index (χ4v) is 1.95. The van der Waals surface area contributed by atoms with Crippen LogP contribution in [0.25, 0.3) is 0 Å². The Kier molecular flexibility index (Phi) is 4.35. The molecule has 1 aromatic carbocycles. The molecule has 0 bridgehead atoms. The van der Waals surface area contributed by atoms with Gasteiger partial charge in [0.25, 0.3) is 0 Å². The van der Waals surface area contributed by atoms with E-state index >= 15 is 0 Å². The molecular weight excluding hydrogens is 252 g/mol. The standard InChI is InChI=1S/C16H18N2O2/c1-11-7-8-13(17-9-11)10-18-15-6-4-5-14(12(15)2)16(19)20-3/h4-9,18H,10H2,1-3H3. The molecule has 20 heavy (non-hydrogen) atoms. The molecule has 0 aliphatic carbocycles. The third-order valence-corrected chi connectivity index (χ3v) is 3.17. The Bertz CT molecular complexity index is 606. The van der Waals surface area contributed by atoms with Gasteiger partial charge in [0.15, 0.2) is 0 Å². The van der Waals surface area contributed by atoms with E-state index in [0.717, 1.165) is 22.5 Å². The number of ether oxygens (including phenoxy) is 1. The van der Waals surface area contributed by atoms with Crippen molar-refractivity contribution in [1.29, 1.82) is 0 Å². The number of pyridine rings is 1. The van der Waals surface area contributed by atoms with Gasteiger partial charge in [0.2, 0.25) is 0 Å². The molecule has 0 spiro atoms. The summed E-state index contributed by atoms with van der Waals surface area (Å²) in [4.78, 5) is 16.0. The molecular formula is C16H18N2O2. The summed E-state index contributed by atoms with van der Waals surface area (Å²) in [5, 5.41) is 3.30. The van der Waals surface area contributed by atoms with Gasteiger partial charge < -0.3 is 10.1 Å². The Hall–Kier alpha value is -2.36. The van der Waals surface area contributed by atoms with Crippen LogP contribution in [0.15, 0.2) is 36.5 Å². The summed E-state index contributed by atoms with van der Waals surface area (Å²) in [5.74, 6) is -0.320. The summed E-state index contributed by atoms with van der Waals surface area (Å²) in [6.45, 7) is 4.52. The minimum absolute atomic E-state index is 0.320. The molecule has 0 aliphatic heterocycles. The number of methoxy groups -OCH3 is 1. The van der Waals surface area contributed by atoms with Crippen LogP contribution in [0.3, 0.4) is 0 Å². The average molecular weight is 270 g/mol. The molecule has 1 heterocycles. The van der Waals surface area contributed by atoms with Crippen LogP contribution >= 0.6 is 0 Å². The van der Waals surface area contributed by atoms with Crippen molar-refractivity contribution in [2.24, 2.45) is 0 Å². The summed E-state index contributed by atoms with van der Waals surface area (Å²) >= 11 is 0. The number of nitrogens with one attached hydrogen (secondary N) is 1. The van der Waals surface area contributed by atoms with E-state index in [0.29, 0.717) is 12.1 Å². The summed E-state index contributed by atoms with van der Waals surface area (Å²) in [6, 6.07) is 9.56. The number of rotatable bonds is 4. The first kappa shape index (κ1) is 14.1. The molecule has 4 heteroatoms. The summed E-state index contributed by atoms with van der Waals surface area (Å²) in [7, 11) is 1.39. The van der Waals surface area contributed by atoms with Crippen molar-refractivity contribution in [3.63, 3.8) is 0 Å². The van der Waals surface area contributed by atoms with Crippen molar-refractivity contribution in [3.05, 3.63) is 58.9 Å². The minimum Gasteiger partial charge on any atom is -0.465 e. The van der Waals surface area contributed by atoms with Crippen molar-refractivity contribution < 1.29 is 9.53 Å². The molecule has 0 radical (unpaired) electrons. The molecule has 1 aromatic heterocycles. The van der Waals surface area contributed by atoms with Crippen LogP contribution in [-0.4, -0.2) is 18.1 Å². The van der Waals surface area contributed by atoms with Crippen LogP contribution in [0.4, 0.5) is 5.69 Å². The van der Waals surface area contributed by atoms with E-state index in [1.165, 1.54) is 7.11 Å². The average Bonchev–Trinajstić information content (AvgIpc) is 2.47. The van der Waals surface area contributed by atoms with Crippen molar-refractivity contribution in [2.75, 3.05) is 12.4 Å². The molecule has 0 saturated carbocycles. The first-order valence-electron chi connectivity index (χ1n) is 6.45. The van der Waals surface area contributed by atoms with E-state index < -0.39 is 0 Å². The van der Waals surface area contributed by atoms with Gasteiger partial charge in [-0.15, -0.1) is 0 Å². The van der Waals surface area contributed by atoms with Gasteiger partial charge in [-0.3, -0.25) is 4.98 Å². The van der Waals surface area contributed by atoms with E-state index in [-0.39, 0.29) is 5.97 Å². The molecule has 2 rings (SSSR count). The summed E-state index contributed by atoms with van der Waals surface area (Å²) < 4.78 is 4.77. The van der Waals surface area contributed by atoms with Gasteiger partial charge in [-0.05, 0) is 43.2 Å². The lowest BCUT2D eigenvalue weighted by Crippen LogP contribution is -2.08. The van der Waals surface area contributed by atoms with Gasteiger partial charge >= 0.3 is 5.97 Å². The van der Waals surface area contributed by atoms with Crippen LogP contribution < -0.4 is 5.32 Å². The molecule has 1 N–H and O–H groups in total. The maximum absolute atomic E-state index is 11.6. The van der Waals surface area contributed by atoms with Crippen LogP contribution in [0, 0.1) is 13.8 Å².